The molecule has 21 heavy (non-hydrogen) atoms. The number of benzene rings is 1. The molecule has 0 radical (unpaired) electrons. The molecular formula is C17H25N2O2+. The summed E-state index contributed by atoms with van der Waals surface area (Å²) < 4.78 is 6.52. The second-order valence-corrected chi connectivity index (χ2v) is 6.62. The maximum Gasteiger partial charge on any atom is 0.338 e. The molecule has 1 aromatic rings. The van der Waals surface area contributed by atoms with Crippen molar-refractivity contribution in [2.75, 3.05) is 39.3 Å². The average Bonchev–Trinajstić information content (AvgIpc) is 2.48. The predicted molar refractivity (Wildman–Crippen MR) is 82.0 cm³/mol. The lowest BCUT2D eigenvalue weighted by Crippen LogP contribution is -2.66. The lowest BCUT2D eigenvalue weighted by atomic mass is 10.0. The van der Waals surface area contributed by atoms with Crippen LogP contribution in [0.3, 0.4) is 0 Å². The molecule has 114 valence electrons. The van der Waals surface area contributed by atoms with Gasteiger partial charge in [0.2, 0.25) is 0 Å². The first-order chi connectivity index (χ1) is 10.1. The summed E-state index contributed by atoms with van der Waals surface area (Å²) in [6.45, 7) is 11.9. The molecule has 3 aliphatic rings. The van der Waals surface area contributed by atoms with Crippen molar-refractivity contribution in [2.24, 2.45) is 0 Å². The van der Waals surface area contributed by atoms with Crippen LogP contribution in [0.2, 0.25) is 0 Å². The summed E-state index contributed by atoms with van der Waals surface area (Å²) in [5, 5.41) is 0. The van der Waals surface area contributed by atoms with Crippen molar-refractivity contribution < 1.29 is 14.0 Å². The Morgan fingerprint density at radius 1 is 1.19 bits per heavy atom. The Bertz CT molecular complexity index is 506. The molecule has 0 atom stereocenters. The molecule has 4 rings (SSSR count). The molecule has 4 heteroatoms. The van der Waals surface area contributed by atoms with Gasteiger partial charge in [0.05, 0.1) is 31.3 Å². The van der Waals surface area contributed by atoms with Crippen LogP contribution < -0.4 is 0 Å². The molecule has 3 heterocycles. The van der Waals surface area contributed by atoms with Crippen molar-refractivity contribution in [3.63, 3.8) is 0 Å². The first-order valence-electron chi connectivity index (χ1n) is 7.94. The lowest BCUT2D eigenvalue weighted by molar-refractivity contribution is -0.953. The van der Waals surface area contributed by atoms with E-state index in [0.717, 1.165) is 22.2 Å². The number of hydrogen-bond donors (Lipinski definition) is 0. The van der Waals surface area contributed by atoms with Crippen molar-refractivity contribution in [3.05, 3.63) is 35.4 Å². The van der Waals surface area contributed by atoms with Crippen LogP contribution >= 0.6 is 0 Å². The molecule has 0 spiro atoms. The molecule has 3 saturated heterocycles. The first-order valence-corrected chi connectivity index (χ1v) is 7.94. The van der Waals surface area contributed by atoms with Gasteiger partial charge < -0.3 is 9.22 Å². The molecule has 0 amide bonds. The van der Waals surface area contributed by atoms with E-state index in [1.165, 1.54) is 39.3 Å². The van der Waals surface area contributed by atoms with Gasteiger partial charge in [-0.25, -0.2) is 4.79 Å². The zero-order valence-corrected chi connectivity index (χ0v) is 13.0. The minimum atomic E-state index is -0.186. The number of ether oxygens (including phenoxy) is 1. The summed E-state index contributed by atoms with van der Waals surface area (Å²) in [4.78, 5) is 14.8. The number of piperazine rings is 3. The summed E-state index contributed by atoms with van der Waals surface area (Å²) in [6, 6.07) is 7.94. The number of carbonyl (C=O) groups is 1. The monoisotopic (exact) mass is 289 g/mol. The largest absolute Gasteiger partial charge is 0.459 e. The first kappa shape index (κ1) is 14.5. The van der Waals surface area contributed by atoms with E-state index in [2.05, 4.69) is 11.0 Å². The molecule has 2 bridgehead atoms. The van der Waals surface area contributed by atoms with E-state index in [1.807, 2.05) is 32.0 Å². The summed E-state index contributed by atoms with van der Waals surface area (Å²) in [6.07, 6.45) is -0.0730. The predicted octanol–water partition coefficient (Wildman–Crippen LogP) is 1.90. The molecule has 0 N–H and O–H groups in total. The van der Waals surface area contributed by atoms with Gasteiger partial charge in [0, 0.05) is 25.2 Å². The minimum Gasteiger partial charge on any atom is -0.459 e. The molecule has 0 unspecified atom stereocenters. The molecule has 4 nitrogen and oxygen atoms in total. The highest BCUT2D eigenvalue weighted by molar-refractivity contribution is 5.91. The number of nitrogens with zero attached hydrogens (tertiary/aromatic N) is 2. The van der Waals surface area contributed by atoms with Gasteiger partial charge in [-0.05, 0) is 19.9 Å². The van der Waals surface area contributed by atoms with Crippen LogP contribution in [0.5, 0.6) is 0 Å². The van der Waals surface area contributed by atoms with Crippen molar-refractivity contribution >= 4 is 5.97 Å². The Hall–Kier alpha value is -1.39. The van der Waals surface area contributed by atoms with Gasteiger partial charge in [-0.1, -0.05) is 18.2 Å². The number of fused-ring (bicyclic) bond motifs is 3. The van der Waals surface area contributed by atoms with Crippen molar-refractivity contribution in [1.29, 1.82) is 0 Å². The summed E-state index contributed by atoms with van der Waals surface area (Å²) in [7, 11) is 0. The smallest absolute Gasteiger partial charge is 0.338 e. The maximum absolute atomic E-state index is 12.3. The Kier molecular flexibility index (Phi) is 4.00. The van der Waals surface area contributed by atoms with E-state index in [0.29, 0.717) is 0 Å². The van der Waals surface area contributed by atoms with E-state index in [-0.39, 0.29) is 12.1 Å². The third-order valence-corrected chi connectivity index (χ3v) is 4.76. The van der Waals surface area contributed by atoms with Crippen molar-refractivity contribution in [2.45, 2.75) is 26.5 Å². The SMILES string of the molecule is CC(C)OC(=O)c1ccccc1C[N+]12CCN(CC1)CC2. The lowest BCUT2D eigenvalue weighted by Gasteiger charge is -2.50. The average molecular weight is 289 g/mol. The van der Waals surface area contributed by atoms with Crippen LogP contribution in [0.25, 0.3) is 0 Å². The molecular weight excluding hydrogens is 264 g/mol. The van der Waals surface area contributed by atoms with Crippen LogP contribution in [0.4, 0.5) is 0 Å². The Labute approximate surface area is 126 Å². The highest BCUT2D eigenvalue weighted by Crippen LogP contribution is 2.25. The summed E-state index contributed by atoms with van der Waals surface area (Å²) >= 11 is 0. The van der Waals surface area contributed by atoms with E-state index in [4.69, 9.17) is 4.74 Å². The van der Waals surface area contributed by atoms with Gasteiger partial charge in [0.1, 0.15) is 6.54 Å². The van der Waals surface area contributed by atoms with Gasteiger partial charge in [0.25, 0.3) is 0 Å². The van der Waals surface area contributed by atoms with Gasteiger partial charge in [-0.3, -0.25) is 4.90 Å². The van der Waals surface area contributed by atoms with Crippen LogP contribution in [0, 0.1) is 0 Å². The van der Waals surface area contributed by atoms with Crippen molar-refractivity contribution in [1.82, 2.24) is 4.90 Å². The second-order valence-electron chi connectivity index (χ2n) is 6.62. The second kappa shape index (κ2) is 5.78. The number of carbonyl (C=O) groups excluding carboxylic acids is 1. The molecule has 0 saturated carbocycles. The van der Waals surface area contributed by atoms with Crippen LogP contribution in [-0.4, -0.2) is 60.7 Å². The summed E-state index contributed by atoms with van der Waals surface area (Å²) in [5.41, 5.74) is 1.88. The summed E-state index contributed by atoms with van der Waals surface area (Å²) in [5.74, 6) is -0.186. The Morgan fingerprint density at radius 2 is 1.81 bits per heavy atom. The number of quaternary nitrogens is 1. The highest BCUT2D eigenvalue weighted by Gasteiger charge is 2.39. The van der Waals surface area contributed by atoms with Crippen LogP contribution in [0.1, 0.15) is 29.8 Å². The van der Waals surface area contributed by atoms with Gasteiger partial charge in [-0.2, -0.15) is 0 Å². The molecule has 1 aromatic carbocycles. The standard InChI is InChI=1S/C17H25N2O2/c1-14(2)21-17(20)16-6-4-3-5-15(16)13-19-10-7-18(8-11-19)9-12-19/h3-6,14H,7-13H2,1-2H3/q+1. The fourth-order valence-corrected chi connectivity index (χ4v) is 3.46. The molecule has 3 fully saturated rings. The molecule has 0 aliphatic carbocycles. The number of esters is 1. The Balaban J connectivity index is 1.80. The van der Waals surface area contributed by atoms with E-state index >= 15 is 0 Å². The number of hydrogen-bond acceptors (Lipinski definition) is 3. The fraction of sp³-hybridized carbons (Fsp3) is 0.588. The highest BCUT2D eigenvalue weighted by atomic mass is 16.5. The zero-order chi connectivity index (χ0) is 14.9. The fourth-order valence-electron chi connectivity index (χ4n) is 3.46. The van der Waals surface area contributed by atoms with E-state index < -0.39 is 0 Å². The Morgan fingerprint density at radius 3 is 2.43 bits per heavy atom. The van der Waals surface area contributed by atoms with Crippen molar-refractivity contribution in [3.8, 4) is 0 Å². The normalized spacial score (nSPS) is 27.9. The zero-order valence-electron chi connectivity index (χ0n) is 13.0. The maximum atomic E-state index is 12.3. The molecule has 3 aliphatic heterocycles. The quantitative estimate of drug-likeness (QED) is 0.626. The molecule has 0 aromatic heterocycles. The third kappa shape index (κ3) is 3.11. The van der Waals surface area contributed by atoms with Gasteiger partial charge >= 0.3 is 5.97 Å². The third-order valence-electron chi connectivity index (χ3n) is 4.76. The minimum absolute atomic E-state index is 0.0730. The van der Waals surface area contributed by atoms with Gasteiger partial charge in [-0.15, -0.1) is 0 Å². The van der Waals surface area contributed by atoms with Gasteiger partial charge in [0.15, 0.2) is 0 Å². The number of rotatable bonds is 4. The topological polar surface area (TPSA) is 29.5 Å². The van der Waals surface area contributed by atoms with E-state index in [1.54, 1.807) is 0 Å². The van der Waals surface area contributed by atoms with E-state index in [9.17, 15) is 4.79 Å². The van der Waals surface area contributed by atoms with Crippen LogP contribution in [0.15, 0.2) is 24.3 Å². The van der Waals surface area contributed by atoms with Crippen LogP contribution in [-0.2, 0) is 11.3 Å².